The molecule has 3 aromatic rings. The van der Waals surface area contributed by atoms with Crippen LogP contribution in [0.3, 0.4) is 0 Å². The summed E-state index contributed by atoms with van der Waals surface area (Å²) in [6, 6.07) is 13.9. The van der Waals surface area contributed by atoms with Crippen LogP contribution in [0.15, 0.2) is 70.2 Å². The number of hydrogen-bond acceptors (Lipinski definition) is 5. The largest absolute Gasteiger partial charge is 0.416 e. The van der Waals surface area contributed by atoms with Crippen molar-refractivity contribution in [2.45, 2.75) is 37.7 Å². The lowest BCUT2D eigenvalue weighted by Gasteiger charge is -2.38. The third kappa shape index (κ3) is 6.25. The molecule has 1 aliphatic rings. The van der Waals surface area contributed by atoms with E-state index in [-0.39, 0.29) is 17.9 Å². The molecule has 10 heteroatoms. The molecule has 2 N–H and O–H groups in total. The molecule has 1 fully saturated rings. The van der Waals surface area contributed by atoms with Gasteiger partial charge in [-0.1, -0.05) is 28.1 Å². The monoisotopic (exact) mass is 536 g/mol. The third-order valence-corrected chi connectivity index (χ3v) is 6.46. The van der Waals surface area contributed by atoms with Crippen LogP contribution in [-0.2, 0) is 19.3 Å². The van der Waals surface area contributed by atoms with Crippen LogP contribution in [0.2, 0.25) is 0 Å². The molecule has 0 saturated carbocycles. The smallest absolute Gasteiger partial charge is 0.388 e. The van der Waals surface area contributed by atoms with Gasteiger partial charge >= 0.3 is 6.18 Å². The molecule has 0 unspecified atom stereocenters. The molecule has 0 radical (unpaired) electrons. The van der Waals surface area contributed by atoms with Crippen molar-refractivity contribution in [3.8, 4) is 0 Å². The second-order valence-corrected chi connectivity index (χ2v) is 9.48. The van der Waals surface area contributed by atoms with Gasteiger partial charge < -0.3 is 10.4 Å². The quantitative estimate of drug-likeness (QED) is 0.473. The van der Waals surface area contributed by atoms with Crippen molar-refractivity contribution in [3.05, 3.63) is 86.9 Å². The van der Waals surface area contributed by atoms with Crippen molar-refractivity contribution in [1.29, 1.82) is 0 Å². The number of likely N-dealkylation sites (tertiary alicyclic amines) is 1. The Balaban J connectivity index is 1.34. The molecule has 1 aromatic heterocycles. The van der Waals surface area contributed by atoms with Crippen LogP contribution in [0, 0.1) is 0 Å². The molecular formula is C24H24BrF3N4O2. The Morgan fingerprint density at radius 3 is 2.29 bits per heavy atom. The Bertz CT molecular complexity index is 1170. The summed E-state index contributed by atoms with van der Waals surface area (Å²) in [5.74, 6) is 0.220. The lowest BCUT2D eigenvalue weighted by Crippen LogP contribution is -2.47. The molecule has 6 nitrogen and oxygen atoms in total. The fraction of sp³-hybridized carbons (Fsp3) is 0.333. The molecule has 2 heterocycles. The lowest BCUT2D eigenvalue weighted by atomic mass is 9.91. The van der Waals surface area contributed by atoms with Gasteiger partial charge in [0.2, 0.25) is 0 Å². The molecule has 4 rings (SSSR count). The molecule has 0 aliphatic carbocycles. The Labute approximate surface area is 203 Å². The number of hydrogen-bond donors (Lipinski definition) is 2. The van der Waals surface area contributed by atoms with Gasteiger partial charge in [0.05, 0.1) is 24.0 Å². The Kier molecular flexibility index (Phi) is 7.11. The van der Waals surface area contributed by atoms with E-state index >= 15 is 0 Å². The number of nitrogens with zero attached hydrogens (tertiary/aromatic N) is 3. The van der Waals surface area contributed by atoms with E-state index < -0.39 is 17.3 Å². The fourth-order valence-corrected chi connectivity index (χ4v) is 4.22. The van der Waals surface area contributed by atoms with Crippen LogP contribution in [0.1, 0.15) is 24.0 Å². The molecule has 0 atom stereocenters. The number of halogens is 4. The van der Waals surface area contributed by atoms with Crippen molar-refractivity contribution in [2.75, 3.05) is 18.4 Å². The number of anilines is 2. The molecule has 34 heavy (non-hydrogen) atoms. The Morgan fingerprint density at radius 1 is 1.06 bits per heavy atom. The van der Waals surface area contributed by atoms with E-state index in [1.165, 1.54) is 34.7 Å². The number of alkyl halides is 3. The van der Waals surface area contributed by atoms with E-state index in [0.717, 1.165) is 23.2 Å². The summed E-state index contributed by atoms with van der Waals surface area (Å²) < 4.78 is 40.5. The van der Waals surface area contributed by atoms with Crippen LogP contribution in [0.4, 0.5) is 24.7 Å². The number of aromatic nitrogens is 2. The summed E-state index contributed by atoms with van der Waals surface area (Å²) in [4.78, 5) is 19.0. The first-order valence-electron chi connectivity index (χ1n) is 10.8. The maximum atomic E-state index is 12.7. The summed E-state index contributed by atoms with van der Waals surface area (Å²) in [6.45, 7) is 2.35. The van der Waals surface area contributed by atoms with Gasteiger partial charge in [0, 0.05) is 35.9 Å². The summed E-state index contributed by atoms with van der Waals surface area (Å²) in [6.07, 6.45) is -2.00. The van der Waals surface area contributed by atoms with E-state index in [0.29, 0.717) is 31.6 Å². The highest BCUT2D eigenvalue weighted by Crippen LogP contribution is 2.30. The Hall–Kier alpha value is -2.69. The molecule has 1 aliphatic heterocycles. The minimum Gasteiger partial charge on any atom is -0.388 e. The number of piperidine rings is 1. The number of rotatable bonds is 6. The average Bonchev–Trinajstić information content (AvgIpc) is 2.79. The van der Waals surface area contributed by atoms with Gasteiger partial charge in [0.15, 0.2) is 0 Å². The number of benzene rings is 2. The lowest BCUT2D eigenvalue weighted by molar-refractivity contribution is -0.137. The van der Waals surface area contributed by atoms with E-state index in [2.05, 4.69) is 43.3 Å². The van der Waals surface area contributed by atoms with Crippen LogP contribution in [0.25, 0.3) is 0 Å². The fourth-order valence-electron chi connectivity index (χ4n) is 3.95. The molecule has 180 valence electrons. The van der Waals surface area contributed by atoms with E-state index in [1.54, 1.807) is 0 Å². The standard InChI is InChI=1S/C24H24BrF3N4O2/c25-19-5-1-17(2-6-19)14-31-11-9-23(34,10-12-31)15-32-16-29-21(13-22(32)33)30-20-7-3-18(4-8-20)24(26,27)28/h1-8,13,16,30,34H,9-12,14-15H2. The minimum absolute atomic E-state index is 0.130. The minimum atomic E-state index is -4.41. The van der Waals surface area contributed by atoms with Gasteiger partial charge in [-0.15, -0.1) is 0 Å². The van der Waals surface area contributed by atoms with Crippen molar-refractivity contribution < 1.29 is 18.3 Å². The second kappa shape index (κ2) is 9.89. The van der Waals surface area contributed by atoms with Crippen LogP contribution < -0.4 is 10.9 Å². The van der Waals surface area contributed by atoms with E-state index in [4.69, 9.17) is 0 Å². The number of aliphatic hydroxyl groups is 1. The highest BCUT2D eigenvalue weighted by atomic mass is 79.9. The summed E-state index contributed by atoms with van der Waals surface area (Å²) in [7, 11) is 0. The molecule has 0 bridgehead atoms. The SMILES string of the molecule is O=c1cc(Nc2ccc(C(F)(F)F)cc2)ncn1CC1(O)CCN(Cc2ccc(Br)cc2)CC1. The topological polar surface area (TPSA) is 70.4 Å². The summed E-state index contributed by atoms with van der Waals surface area (Å²) in [5, 5.41) is 13.9. The van der Waals surface area contributed by atoms with E-state index in [1.807, 2.05) is 12.1 Å². The van der Waals surface area contributed by atoms with Gasteiger partial charge in [-0.3, -0.25) is 14.3 Å². The predicted molar refractivity (Wildman–Crippen MR) is 127 cm³/mol. The van der Waals surface area contributed by atoms with Gasteiger partial charge in [0.25, 0.3) is 5.56 Å². The van der Waals surface area contributed by atoms with Crippen molar-refractivity contribution in [3.63, 3.8) is 0 Å². The Morgan fingerprint density at radius 2 is 1.71 bits per heavy atom. The van der Waals surface area contributed by atoms with Gasteiger partial charge in [-0.05, 0) is 54.8 Å². The van der Waals surface area contributed by atoms with Gasteiger partial charge in [0.1, 0.15) is 5.82 Å². The maximum Gasteiger partial charge on any atom is 0.416 e. The van der Waals surface area contributed by atoms with Crippen molar-refractivity contribution in [1.82, 2.24) is 14.5 Å². The first-order valence-corrected chi connectivity index (χ1v) is 11.6. The first kappa shape index (κ1) is 24.4. The molecular weight excluding hydrogens is 513 g/mol. The molecule has 2 aromatic carbocycles. The van der Waals surface area contributed by atoms with Crippen molar-refractivity contribution >= 4 is 27.4 Å². The normalized spacial score (nSPS) is 16.4. The summed E-state index contributed by atoms with van der Waals surface area (Å²) >= 11 is 3.43. The third-order valence-electron chi connectivity index (χ3n) is 5.93. The first-order chi connectivity index (χ1) is 16.1. The second-order valence-electron chi connectivity index (χ2n) is 8.57. The van der Waals surface area contributed by atoms with Crippen molar-refractivity contribution in [2.24, 2.45) is 0 Å². The van der Waals surface area contributed by atoms with Crippen LogP contribution in [0.5, 0.6) is 0 Å². The zero-order chi connectivity index (χ0) is 24.3. The number of nitrogens with one attached hydrogen (secondary N) is 1. The highest BCUT2D eigenvalue weighted by molar-refractivity contribution is 9.10. The van der Waals surface area contributed by atoms with Gasteiger partial charge in [-0.25, -0.2) is 4.98 Å². The summed E-state index contributed by atoms with van der Waals surface area (Å²) in [5.41, 5.74) is -0.531. The molecule has 0 spiro atoms. The van der Waals surface area contributed by atoms with Crippen LogP contribution >= 0.6 is 15.9 Å². The highest BCUT2D eigenvalue weighted by Gasteiger charge is 2.33. The molecule has 0 amide bonds. The van der Waals surface area contributed by atoms with Crippen LogP contribution in [-0.4, -0.2) is 38.2 Å². The zero-order valence-electron chi connectivity index (χ0n) is 18.2. The molecule has 1 saturated heterocycles. The average molecular weight is 537 g/mol. The predicted octanol–water partition coefficient (Wildman–Crippen LogP) is 4.80. The maximum absolute atomic E-state index is 12.7. The van der Waals surface area contributed by atoms with E-state index in [9.17, 15) is 23.1 Å². The zero-order valence-corrected chi connectivity index (χ0v) is 19.8. The van der Waals surface area contributed by atoms with Gasteiger partial charge in [-0.2, -0.15) is 13.2 Å².